The number of nitrogens with one attached hydrogen (secondary N) is 1. The summed E-state index contributed by atoms with van der Waals surface area (Å²) in [5, 5.41) is 3.40. The highest BCUT2D eigenvalue weighted by Crippen LogP contribution is 2.36. The number of nitrogens with zero attached hydrogens (tertiary/aromatic N) is 2. The molecule has 3 rings (SSSR count). The van der Waals surface area contributed by atoms with E-state index in [2.05, 4.69) is 20.0 Å². The fourth-order valence-electron chi connectivity index (χ4n) is 2.85. The number of hydrogen-bond acceptors (Lipinski definition) is 7. The summed E-state index contributed by atoms with van der Waals surface area (Å²) >= 11 is 1.19. The molecule has 1 amide bonds. The molecule has 0 radical (unpaired) electrons. The molecule has 0 aliphatic carbocycles. The van der Waals surface area contributed by atoms with Gasteiger partial charge in [-0.25, -0.2) is 4.98 Å². The van der Waals surface area contributed by atoms with Gasteiger partial charge < -0.3 is 19.5 Å². The predicted molar refractivity (Wildman–Crippen MR) is 105 cm³/mol. The van der Waals surface area contributed by atoms with Gasteiger partial charge in [-0.15, -0.1) is 11.3 Å². The lowest BCUT2D eigenvalue weighted by molar-refractivity contribution is -0.0502. The highest BCUT2D eigenvalue weighted by atomic mass is 32.1. The number of anilines is 1. The molecule has 0 aliphatic rings. The van der Waals surface area contributed by atoms with E-state index in [1.54, 1.807) is 19.9 Å². The van der Waals surface area contributed by atoms with E-state index >= 15 is 0 Å². The molecule has 0 bridgehead atoms. The van der Waals surface area contributed by atoms with Crippen molar-refractivity contribution in [2.24, 2.45) is 0 Å². The predicted octanol–water partition coefficient (Wildman–Crippen LogP) is 4.32. The van der Waals surface area contributed by atoms with E-state index in [1.165, 1.54) is 37.7 Å². The Kier molecular flexibility index (Phi) is 6.23. The molecule has 2 aromatic heterocycles. The first kappa shape index (κ1) is 20.9. The molecule has 0 unspecified atom stereocenters. The third-order valence-electron chi connectivity index (χ3n) is 4.22. The Hall–Kier alpha value is -2.85. The molecule has 0 atom stereocenters. The molecular formula is C19H19F2N3O4S. The van der Waals surface area contributed by atoms with Crippen LogP contribution in [0.4, 0.5) is 14.5 Å². The number of fused-ring (bicyclic) bond motifs is 1. The van der Waals surface area contributed by atoms with E-state index in [1.807, 2.05) is 0 Å². The van der Waals surface area contributed by atoms with E-state index in [9.17, 15) is 13.6 Å². The van der Waals surface area contributed by atoms with Crippen molar-refractivity contribution in [3.63, 3.8) is 0 Å². The number of carbonyl (C=O) groups is 1. The maximum Gasteiger partial charge on any atom is 0.387 e. The fourth-order valence-corrected chi connectivity index (χ4v) is 3.94. The Morgan fingerprint density at radius 3 is 2.62 bits per heavy atom. The van der Waals surface area contributed by atoms with Crippen LogP contribution in [-0.4, -0.2) is 36.7 Å². The second-order valence-electron chi connectivity index (χ2n) is 6.08. The first-order valence-electron chi connectivity index (χ1n) is 8.54. The minimum absolute atomic E-state index is 0.00241. The van der Waals surface area contributed by atoms with Gasteiger partial charge in [0.15, 0.2) is 5.82 Å². The monoisotopic (exact) mass is 423 g/mol. The number of halogens is 2. The number of carbonyl (C=O) groups excluding carboxylic acids is 1. The molecule has 0 aliphatic heterocycles. The number of ether oxygens (including phenoxy) is 3. The van der Waals surface area contributed by atoms with Crippen LogP contribution in [0.5, 0.6) is 11.6 Å². The molecule has 0 spiro atoms. The van der Waals surface area contributed by atoms with Crippen molar-refractivity contribution in [1.29, 1.82) is 0 Å². The number of amides is 1. The standard InChI is InChI=1S/C19H19F2N3O4S/c1-9-11(6-5-7-12(9)28-19(20)21)22-16(25)15-10(2)14-17(27-4)23-13(8-26-3)24-18(14)29-15/h5-7,19H,8H2,1-4H3,(H,22,25). The lowest BCUT2D eigenvalue weighted by Gasteiger charge is -2.12. The zero-order valence-electron chi connectivity index (χ0n) is 16.2. The topological polar surface area (TPSA) is 82.6 Å². The molecule has 0 fully saturated rings. The van der Waals surface area contributed by atoms with E-state index in [0.717, 1.165) is 0 Å². The van der Waals surface area contributed by atoms with Gasteiger partial charge >= 0.3 is 6.61 Å². The molecule has 1 N–H and O–H groups in total. The fraction of sp³-hybridized carbons (Fsp3) is 0.316. The summed E-state index contributed by atoms with van der Waals surface area (Å²) in [6, 6.07) is 4.56. The third kappa shape index (κ3) is 4.28. The van der Waals surface area contributed by atoms with Crippen LogP contribution in [0.1, 0.15) is 26.6 Å². The number of methoxy groups -OCH3 is 2. The molecule has 3 aromatic rings. The van der Waals surface area contributed by atoms with Gasteiger partial charge in [0.1, 0.15) is 17.2 Å². The highest BCUT2D eigenvalue weighted by molar-refractivity contribution is 7.20. The number of rotatable bonds is 7. The van der Waals surface area contributed by atoms with Crippen LogP contribution in [0, 0.1) is 13.8 Å². The van der Waals surface area contributed by atoms with Crippen LogP contribution in [0.2, 0.25) is 0 Å². The Labute approximate surface area is 169 Å². The van der Waals surface area contributed by atoms with Gasteiger partial charge in [-0.3, -0.25) is 4.79 Å². The molecule has 10 heteroatoms. The Bertz CT molecular complexity index is 1060. The first-order valence-corrected chi connectivity index (χ1v) is 9.36. The Morgan fingerprint density at radius 2 is 1.97 bits per heavy atom. The average molecular weight is 423 g/mol. The second kappa shape index (κ2) is 8.66. The van der Waals surface area contributed by atoms with Crippen LogP contribution in [0.3, 0.4) is 0 Å². The quantitative estimate of drug-likeness (QED) is 0.610. The van der Waals surface area contributed by atoms with Crippen LogP contribution in [-0.2, 0) is 11.3 Å². The molecule has 2 heterocycles. The highest BCUT2D eigenvalue weighted by Gasteiger charge is 2.22. The number of thiophene rings is 1. The van der Waals surface area contributed by atoms with Crippen LogP contribution in [0.15, 0.2) is 18.2 Å². The van der Waals surface area contributed by atoms with Crippen molar-refractivity contribution in [2.75, 3.05) is 19.5 Å². The minimum atomic E-state index is -2.95. The molecule has 7 nitrogen and oxygen atoms in total. The molecule has 0 saturated heterocycles. The van der Waals surface area contributed by atoms with Gasteiger partial charge in [0.2, 0.25) is 5.88 Å². The summed E-state index contributed by atoms with van der Waals surface area (Å²) in [5.74, 6) is 0.414. The van der Waals surface area contributed by atoms with Crippen molar-refractivity contribution in [3.8, 4) is 11.6 Å². The lowest BCUT2D eigenvalue weighted by atomic mass is 10.1. The van der Waals surface area contributed by atoms with E-state index < -0.39 is 12.5 Å². The number of hydrogen-bond donors (Lipinski definition) is 1. The van der Waals surface area contributed by atoms with Crippen molar-refractivity contribution in [1.82, 2.24) is 9.97 Å². The van der Waals surface area contributed by atoms with Crippen molar-refractivity contribution < 1.29 is 27.8 Å². The van der Waals surface area contributed by atoms with Crippen LogP contribution < -0.4 is 14.8 Å². The number of alkyl halides is 2. The number of benzene rings is 1. The molecule has 0 saturated carbocycles. The second-order valence-corrected chi connectivity index (χ2v) is 7.08. The minimum Gasteiger partial charge on any atom is -0.480 e. The van der Waals surface area contributed by atoms with Crippen LogP contribution >= 0.6 is 11.3 Å². The van der Waals surface area contributed by atoms with Gasteiger partial charge in [0.05, 0.1) is 17.4 Å². The summed E-state index contributed by atoms with van der Waals surface area (Å²) < 4.78 is 40.0. The third-order valence-corrected chi connectivity index (χ3v) is 5.41. The molecule has 29 heavy (non-hydrogen) atoms. The summed E-state index contributed by atoms with van der Waals surface area (Å²) in [5.41, 5.74) is 1.45. The molecular weight excluding hydrogens is 404 g/mol. The Morgan fingerprint density at radius 1 is 1.21 bits per heavy atom. The van der Waals surface area contributed by atoms with Gasteiger partial charge in [-0.05, 0) is 31.5 Å². The smallest absolute Gasteiger partial charge is 0.387 e. The largest absolute Gasteiger partial charge is 0.480 e. The van der Waals surface area contributed by atoms with Crippen molar-refractivity contribution >= 4 is 33.1 Å². The molecule has 1 aromatic carbocycles. The zero-order valence-corrected chi connectivity index (χ0v) is 17.0. The normalized spacial score (nSPS) is 11.1. The van der Waals surface area contributed by atoms with Crippen LogP contribution in [0.25, 0.3) is 10.2 Å². The van der Waals surface area contributed by atoms with Gasteiger partial charge in [0, 0.05) is 18.4 Å². The van der Waals surface area contributed by atoms with Crippen molar-refractivity contribution in [3.05, 3.63) is 40.0 Å². The number of aryl methyl sites for hydroxylation is 1. The van der Waals surface area contributed by atoms with E-state index in [0.29, 0.717) is 43.6 Å². The maximum atomic E-state index is 12.9. The molecule has 154 valence electrons. The maximum absolute atomic E-state index is 12.9. The van der Waals surface area contributed by atoms with E-state index in [4.69, 9.17) is 9.47 Å². The first-order chi connectivity index (χ1) is 13.8. The zero-order chi connectivity index (χ0) is 21.1. The summed E-state index contributed by atoms with van der Waals surface area (Å²) in [7, 11) is 3.03. The SMILES string of the molecule is COCc1nc(OC)c2c(C)c(C(=O)Nc3cccc(OC(F)F)c3C)sc2n1. The summed E-state index contributed by atoms with van der Waals surface area (Å²) in [4.78, 5) is 22.6. The van der Waals surface area contributed by atoms with Gasteiger partial charge in [0.25, 0.3) is 5.91 Å². The average Bonchev–Trinajstić information content (AvgIpc) is 3.01. The Balaban J connectivity index is 1.97. The summed E-state index contributed by atoms with van der Waals surface area (Å²) in [6.45, 7) is 0.632. The van der Waals surface area contributed by atoms with Gasteiger partial charge in [-0.2, -0.15) is 13.8 Å². The van der Waals surface area contributed by atoms with Gasteiger partial charge in [-0.1, -0.05) is 6.07 Å². The lowest BCUT2D eigenvalue weighted by Crippen LogP contribution is -2.13. The summed E-state index contributed by atoms with van der Waals surface area (Å²) in [6.07, 6.45) is 0. The van der Waals surface area contributed by atoms with E-state index in [-0.39, 0.29) is 12.4 Å². The number of aromatic nitrogens is 2. The van der Waals surface area contributed by atoms with Crippen molar-refractivity contribution in [2.45, 2.75) is 27.1 Å².